The Kier molecular flexibility index (Phi) is 10.8. The van der Waals surface area contributed by atoms with Crippen LogP contribution in [0.5, 0.6) is 0 Å². The lowest BCUT2D eigenvalue weighted by molar-refractivity contribution is -0.133. The summed E-state index contributed by atoms with van der Waals surface area (Å²) in [7, 11) is 1.82. The van der Waals surface area contributed by atoms with E-state index in [-0.39, 0.29) is 35.8 Å². The van der Waals surface area contributed by atoms with Gasteiger partial charge in [0.2, 0.25) is 5.91 Å². The van der Waals surface area contributed by atoms with Gasteiger partial charge < -0.3 is 20.4 Å². The van der Waals surface area contributed by atoms with Crippen LogP contribution in [0.15, 0.2) is 4.99 Å². The highest BCUT2D eigenvalue weighted by molar-refractivity contribution is 14.0. The van der Waals surface area contributed by atoms with Crippen molar-refractivity contribution < 1.29 is 4.79 Å². The Morgan fingerprint density at radius 2 is 1.85 bits per heavy atom. The fourth-order valence-electron chi connectivity index (χ4n) is 3.75. The lowest BCUT2D eigenvalue weighted by atomic mass is 10.1. The number of nitrogens with zero attached hydrogens (tertiary/aromatic N) is 3. The molecule has 0 bridgehead atoms. The SMILES string of the molecule is CN=C(NCC(C)CN1CCCCC1)NC1CCN(C(=O)C(C)C)C1.I. The van der Waals surface area contributed by atoms with Crippen molar-refractivity contribution in [1.82, 2.24) is 20.4 Å². The molecule has 2 heterocycles. The molecule has 2 unspecified atom stereocenters. The van der Waals surface area contributed by atoms with E-state index >= 15 is 0 Å². The Bertz CT molecular complexity index is 451. The number of hydrogen-bond donors (Lipinski definition) is 2. The molecule has 2 N–H and O–H groups in total. The summed E-state index contributed by atoms with van der Waals surface area (Å²) < 4.78 is 0. The zero-order chi connectivity index (χ0) is 18.2. The van der Waals surface area contributed by atoms with E-state index in [9.17, 15) is 4.79 Å². The van der Waals surface area contributed by atoms with Crippen molar-refractivity contribution in [2.24, 2.45) is 16.8 Å². The van der Waals surface area contributed by atoms with E-state index in [0.717, 1.165) is 38.6 Å². The maximum atomic E-state index is 12.1. The van der Waals surface area contributed by atoms with Crippen LogP contribution < -0.4 is 10.6 Å². The second kappa shape index (κ2) is 12.0. The summed E-state index contributed by atoms with van der Waals surface area (Å²) in [6, 6.07) is 0.298. The van der Waals surface area contributed by atoms with Gasteiger partial charge in [-0.15, -0.1) is 24.0 Å². The number of carbonyl (C=O) groups excluding carboxylic acids is 1. The summed E-state index contributed by atoms with van der Waals surface area (Å²) in [5.74, 6) is 1.78. The molecular formula is C19H38IN5O. The molecule has 2 atom stereocenters. The summed E-state index contributed by atoms with van der Waals surface area (Å²) >= 11 is 0. The zero-order valence-electron chi connectivity index (χ0n) is 17.0. The highest BCUT2D eigenvalue weighted by atomic mass is 127. The Hall–Kier alpha value is -0.570. The van der Waals surface area contributed by atoms with Crippen LogP contribution in [0, 0.1) is 11.8 Å². The van der Waals surface area contributed by atoms with Crippen LogP contribution in [0.2, 0.25) is 0 Å². The van der Waals surface area contributed by atoms with Crippen LogP contribution >= 0.6 is 24.0 Å². The summed E-state index contributed by atoms with van der Waals surface area (Å²) in [5, 5.41) is 6.94. The van der Waals surface area contributed by atoms with Gasteiger partial charge in [0.25, 0.3) is 0 Å². The molecule has 0 aromatic rings. The third-order valence-electron chi connectivity index (χ3n) is 5.19. The molecule has 2 rings (SSSR count). The minimum Gasteiger partial charge on any atom is -0.356 e. The summed E-state index contributed by atoms with van der Waals surface area (Å²) in [6.07, 6.45) is 5.06. The number of halogens is 1. The molecule has 0 aromatic carbocycles. The van der Waals surface area contributed by atoms with Gasteiger partial charge in [0.15, 0.2) is 5.96 Å². The van der Waals surface area contributed by atoms with E-state index in [2.05, 4.69) is 27.4 Å². The number of likely N-dealkylation sites (tertiary alicyclic amines) is 2. The molecule has 2 aliphatic heterocycles. The summed E-state index contributed by atoms with van der Waals surface area (Å²) in [4.78, 5) is 21.0. The van der Waals surface area contributed by atoms with Crippen molar-refractivity contribution in [3.63, 3.8) is 0 Å². The van der Waals surface area contributed by atoms with Gasteiger partial charge in [-0.3, -0.25) is 9.79 Å². The number of guanidine groups is 1. The molecule has 0 radical (unpaired) electrons. The highest BCUT2D eigenvalue weighted by Crippen LogP contribution is 2.13. The number of carbonyl (C=O) groups is 1. The van der Waals surface area contributed by atoms with Gasteiger partial charge in [0.05, 0.1) is 0 Å². The second-order valence-corrected chi connectivity index (χ2v) is 7.99. The van der Waals surface area contributed by atoms with Gasteiger partial charge in [-0.1, -0.05) is 27.2 Å². The van der Waals surface area contributed by atoms with E-state index in [4.69, 9.17) is 0 Å². The van der Waals surface area contributed by atoms with Crippen LogP contribution in [-0.4, -0.2) is 74.0 Å². The Morgan fingerprint density at radius 1 is 1.15 bits per heavy atom. The molecule has 2 saturated heterocycles. The zero-order valence-corrected chi connectivity index (χ0v) is 19.3. The summed E-state index contributed by atoms with van der Waals surface area (Å²) in [6.45, 7) is 12.4. The molecule has 6 nitrogen and oxygen atoms in total. The summed E-state index contributed by atoms with van der Waals surface area (Å²) in [5.41, 5.74) is 0. The van der Waals surface area contributed by atoms with Crippen molar-refractivity contribution in [2.45, 2.75) is 52.5 Å². The third-order valence-corrected chi connectivity index (χ3v) is 5.19. The van der Waals surface area contributed by atoms with Crippen LogP contribution in [0.1, 0.15) is 46.5 Å². The van der Waals surface area contributed by atoms with Crippen molar-refractivity contribution >= 4 is 35.8 Å². The van der Waals surface area contributed by atoms with Crippen LogP contribution in [0.25, 0.3) is 0 Å². The van der Waals surface area contributed by atoms with Crippen molar-refractivity contribution in [2.75, 3.05) is 46.3 Å². The first-order chi connectivity index (χ1) is 12.0. The molecule has 0 saturated carbocycles. The lowest BCUT2D eigenvalue weighted by Crippen LogP contribution is -2.47. The largest absolute Gasteiger partial charge is 0.356 e. The van der Waals surface area contributed by atoms with Crippen LogP contribution in [-0.2, 0) is 4.79 Å². The van der Waals surface area contributed by atoms with Gasteiger partial charge in [-0.25, -0.2) is 0 Å². The number of rotatable bonds is 6. The number of piperidine rings is 1. The first-order valence-electron chi connectivity index (χ1n) is 9.98. The maximum absolute atomic E-state index is 12.1. The topological polar surface area (TPSA) is 60.0 Å². The van der Waals surface area contributed by atoms with Gasteiger partial charge in [0, 0.05) is 45.2 Å². The molecule has 1 amide bonds. The first kappa shape index (κ1) is 23.5. The molecule has 0 spiro atoms. The molecule has 0 aliphatic carbocycles. The number of amides is 1. The standard InChI is InChI=1S/C19H37N5O.HI/c1-15(2)18(25)24-11-8-17(14-24)22-19(20-4)21-12-16(3)13-23-9-6-5-7-10-23;/h15-17H,5-14H2,1-4H3,(H2,20,21,22);1H. The maximum Gasteiger partial charge on any atom is 0.225 e. The molecule has 7 heteroatoms. The first-order valence-corrected chi connectivity index (χ1v) is 9.98. The number of aliphatic imine (C=N–C) groups is 1. The molecule has 2 aliphatic rings. The monoisotopic (exact) mass is 479 g/mol. The Balaban J connectivity index is 0.00000338. The van der Waals surface area contributed by atoms with E-state index < -0.39 is 0 Å². The number of nitrogens with one attached hydrogen (secondary N) is 2. The quantitative estimate of drug-likeness (QED) is 0.348. The van der Waals surface area contributed by atoms with E-state index in [0.29, 0.717) is 12.0 Å². The highest BCUT2D eigenvalue weighted by Gasteiger charge is 2.28. The predicted molar refractivity (Wildman–Crippen MR) is 119 cm³/mol. The van der Waals surface area contributed by atoms with E-state index in [1.54, 1.807) is 0 Å². The minimum atomic E-state index is 0. The van der Waals surface area contributed by atoms with Gasteiger partial charge in [-0.05, 0) is 38.3 Å². The van der Waals surface area contributed by atoms with Crippen LogP contribution in [0.4, 0.5) is 0 Å². The fraction of sp³-hybridized carbons (Fsp3) is 0.895. The van der Waals surface area contributed by atoms with Crippen LogP contribution in [0.3, 0.4) is 0 Å². The second-order valence-electron chi connectivity index (χ2n) is 7.99. The smallest absolute Gasteiger partial charge is 0.225 e. The third kappa shape index (κ3) is 7.58. The fourth-order valence-corrected chi connectivity index (χ4v) is 3.75. The Labute approximate surface area is 176 Å². The molecular weight excluding hydrogens is 441 g/mol. The van der Waals surface area contributed by atoms with Crippen molar-refractivity contribution in [3.8, 4) is 0 Å². The van der Waals surface area contributed by atoms with Crippen molar-refractivity contribution in [1.29, 1.82) is 0 Å². The van der Waals surface area contributed by atoms with Gasteiger partial charge in [0.1, 0.15) is 0 Å². The molecule has 26 heavy (non-hydrogen) atoms. The predicted octanol–water partition coefficient (Wildman–Crippen LogP) is 2.15. The van der Waals surface area contributed by atoms with E-state index in [1.165, 1.54) is 32.4 Å². The average molecular weight is 479 g/mol. The Morgan fingerprint density at radius 3 is 2.46 bits per heavy atom. The van der Waals surface area contributed by atoms with Gasteiger partial charge in [-0.2, -0.15) is 0 Å². The van der Waals surface area contributed by atoms with E-state index in [1.807, 2.05) is 25.8 Å². The number of hydrogen-bond acceptors (Lipinski definition) is 3. The lowest BCUT2D eigenvalue weighted by Gasteiger charge is -2.29. The molecule has 2 fully saturated rings. The molecule has 0 aromatic heterocycles. The minimum absolute atomic E-state index is 0. The van der Waals surface area contributed by atoms with Crippen molar-refractivity contribution in [3.05, 3.63) is 0 Å². The average Bonchev–Trinajstić information content (AvgIpc) is 3.07. The molecule has 152 valence electrons. The van der Waals surface area contributed by atoms with Gasteiger partial charge >= 0.3 is 0 Å². The normalized spacial score (nSPS) is 22.9.